The quantitative estimate of drug-likeness (QED) is 0.801. The van der Waals surface area contributed by atoms with Crippen molar-refractivity contribution in [2.45, 2.75) is 39.3 Å². The van der Waals surface area contributed by atoms with Crippen molar-refractivity contribution < 1.29 is 4.42 Å². The summed E-state index contributed by atoms with van der Waals surface area (Å²) in [5.41, 5.74) is 0.997. The summed E-state index contributed by atoms with van der Waals surface area (Å²) in [6.45, 7) is 5.50. The van der Waals surface area contributed by atoms with E-state index >= 15 is 0 Å². The van der Waals surface area contributed by atoms with Gasteiger partial charge >= 0.3 is 0 Å². The summed E-state index contributed by atoms with van der Waals surface area (Å²) in [6, 6.07) is 0.654. The fourth-order valence-electron chi connectivity index (χ4n) is 2.21. The van der Waals surface area contributed by atoms with Crippen LogP contribution in [0, 0.1) is 11.8 Å². The van der Waals surface area contributed by atoms with Crippen LogP contribution < -0.4 is 5.32 Å². The normalized spacial score (nSPS) is 32.3. The summed E-state index contributed by atoms with van der Waals surface area (Å²) in [6.07, 6.45) is 5.82. The van der Waals surface area contributed by atoms with Crippen molar-refractivity contribution in [1.29, 1.82) is 0 Å². The van der Waals surface area contributed by atoms with Gasteiger partial charge in [0.25, 0.3) is 0 Å². The summed E-state index contributed by atoms with van der Waals surface area (Å²) in [5, 5.41) is 3.54. The highest BCUT2D eigenvalue weighted by Gasteiger charge is 2.29. The number of nitrogens with zero attached hydrogens (tertiary/aromatic N) is 1. The zero-order chi connectivity index (χ0) is 9.97. The van der Waals surface area contributed by atoms with Crippen LogP contribution in [0.3, 0.4) is 0 Å². The van der Waals surface area contributed by atoms with Crippen molar-refractivity contribution in [1.82, 2.24) is 10.3 Å². The smallest absolute Gasteiger partial charge is 0.180 e. The highest BCUT2D eigenvalue weighted by molar-refractivity contribution is 4.93. The van der Waals surface area contributed by atoms with Crippen molar-refractivity contribution in [3.05, 3.63) is 18.4 Å². The van der Waals surface area contributed by atoms with Crippen molar-refractivity contribution in [3.8, 4) is 0 Å². The van der Waals surface area contributed by atoms with Crippen molar-refractivity contribution >= 4 is 0 Å². The molecule has 0 radical (unpaired) electrons. The van der Waals surface area contributed by atoms with Crippen molar-refractivity contribution in [2.75, 3.05) is 0 Å². The summed E-state index contributed by atoms with van der Waals surface area (Å²) in [7, 11) is 0. The summed E-state index contributed by atoms with van der Waals surface area (Å²) >= 11 is 0. The molecule has 0 aromatic carbocycles. The van der Waals surface area contributed by atoms with Gasteiger partial charge in [0.05, 0.1) is 5.69 Å². The zero-order valence-electron chi connectivity index (χ0n) is 8.86. The molecule has 3 nitrogen and oxygen atoms in total. The SMILES string of the molecule is CC1CCC(NCc2cocn2)C1C. The van der Waals surface area contributed by atoms with Crippen LogP contribution >= 0.6 is 0 Å². The molecule has 1 N–H and O–H groups in total. The van der Waals surface area contributed by atoms with Crippen LogP contribution in [-0.2, 0) is 6.54 Å². The van der Waals surface area contributed by atoms with Crippen LogP contribution in [0.5, 0.6) is 0 Å². The van der Waals surface area contributed by atoms with Crippen LogP contribution in [0.25, 0.3) is 0 Å². The molecule has 3 unspecified atom stereocenters. The predicted molar refractivity (Wildman–Crippen MR) is 54.7 cm³/mol. The Balaban J connectivity index is 1.81. The number of hydrogen-bond donors (Lipinski definition) is 1. The van der Waals surface area contributed by atoms with Crippen LogP contribution in [-0.4, -0.2) is 11.0 Å². The van der Waals surface area contributed by atoms with Crippen molar-refractivity contribution in [3.63, 3.8) is 0 Å². The lowest BCUT2D eigenvalue weighted by molar-refractivity contribution is 0.368. The van der Waals surface area contributed by atoms with Gasteiger partial charge in [-0.1, -0.05) is 13.8 Å². The molecular weight excluding hydrogens is 176 g/mol. The summed E-state index contributed by atoms with van der Waals surface area (Å²) < 4.78 is 4.93. The fraction of sp³-hybridized carbons (Fsp3) is 0.727. The van der Waals surface area contributed by atoms with E-state index in [4.69, 9.17) is 4.42 Å². The third-order valence-electron chi connectivity index (χ3n) is 3.49. The van der Waals surface area contributed by atoms with E-state index in [1.807, 2.05) is 0 Å². The predicted octanol–water partition coefficient (Wildman–Crippen LogP) is 2.20. The maximum atomic E-state index is 4.93. The van der Waals surface area contributed by atoms with Crippen molar-refractivity contribution in [2.24, 2.45) is 11.8 Å². The highest BCUT2D eigenvalue weighted by Crippen LogP contribution is 2.31. The molecule has 3 heteroatoms. The Labute approximate surface area is 84.9 Å². The monoisotopic (exact) mass is 194 g/mol. The Morgan fingerprint density at radius 2 is 2.36 bits per heavy atom. The molecular formula is C11H18N2O. The first kappa shape index (κ1) is 9.71. The largest absolute Gasteiger partial charge is 0.451 e. The molecule has 1 heterocycles. The van der Waals surface area contributed by atoms with Gasteiger partial charge in [0, 0.05) is 12.6 Å². The molecule has 0 amide bonds. The van der Waals surface area contributed by atoms with E-state index in [9.17, 15) is 0 Å². The molecule has 0 bridgehead atoms. The second-order valence-electron chi connectivity index (χ2n) is 4.38. The minimum absolute atomic E-state index is 0.654. The van der Waals surface area contributed by atoms with Crippen LogP contribution in [0.4, 0.5) is 0 Å². The number of oxazole rings is 1. The van der Waals surface area contributed by atoms with Crippen LogP contribution in [0.15, 0.2) is 17.1 Å². The average molecular weight is 194 g/mol. The number of aromatic nitrogens is 1. The van der Waals surface area contributed by atoms with Gasteiger partial charge in [-0.2, -0.15) is 0 Å². The van der Waals surface area contributed by atoms with Gasteiger partial charge in [-0.05, 0) is 24.7 Å². The van der Waals surface area contributed by atoms with Crippen LogP contribution in [0.2, 0.25) is 0 Å². The van der Waals surface area contributed by atoms with Crippen LogP contribution in [0.1, 0.15) is 32.4 Å². The lowest BCUT2D eigenvalue weighted by atomic mass is 9.98. The molecule has 0 spiro atoms. The highest BCUT2D eigenvalue weighted by atomic mass is 16.3. The molecule has 1 saturated carbocycles. The van der Waals surface area contributed by atoms with Gasteiger partial charge in [-0.25, -0.2) is 4.98 Å². The standard InChI is InChI=1S/C11H18N2O/c1-8-3-4-11(9(8)2)12-5-10-6-14-7-13-10/h6-9,11-12H,3-5H2,1-2H3. The Kier molecular flexibility index (Phi) is 2.87. The van der Waals surface area contributed by atoms with Gasteiger partial charge < -0.3 is 9.73 Å². The number of nitrogens with one attached hydrogen (secondary N) is 1. The first-order valence-corrected chi connectivity index (χ1v) is 5.38. The Morgan fingerprint density at radius 1 is 1.50 bits per heavy atom. The first-order chi connectivity index (χ1) is 6.77. The maximum absolute atomic E-state index is 4.93. The Bertz CT molecular complexity index is 271. The summed E-state index contributed by atoms with van der Waals surface area (Å²) in [4.78, 5) is 4.09. The molecule has 3 atom stereocenters. The Hall–Kier alpha value is -0.830. The minimum atomic E-state index is 0.654. The molecule has 0 saturated heterocycles. The third kappa shape index (κ3) is 1.98. The lowest BCUT2D eigenvalue weighted by Gasteiger charge is -2.18. The molecule has 1 aromatic heterocycles. The van der Waals surface area contributed by atoms with E-state index < -0.39 is 0 Å². The molecule has 1 aliphatic rings. The molecule has 0 aliphatic heterocycles. The molecule has 78 valence electrons. The second kappa shape index (κ2) is 4.13. The third-order valence-corrected chi connectivity index (χ3v) is 3.49. The Morgan fingerprint density at radius 3 is 2.93 bits per heavy atom. The first-order valence-electron chi connectivity index (χ1n) is 5.38. The number of rotatable bonds is 3. The van der Waals surface area contributed by atoms with E-state index in [-0.39, 0.29) is 0 Å². The molecule has 1 aromatic rings. The van der Waals surface area contributed by atoms with Gasteiger partial charge in [0.1, 0.15) is 6.26 Å². The van der Waals surface area contributed by atoms with Gasteiger partial charge in [-0.15, -0.1) is 0 Å². The van der Waals surface area contributed by atoms with E-state index in [2.05, 4.69) is 24.1 Å². The molecule has 2 rings (SSSR count). The zero-order valence-corrected chi connectivity index (χ0v) is 8.86. The number of hydrogen-bond acceptors (Lipinski definition) is 3. The van der Waals surface area contributed by atoms with E-state index in [0.29, 0.717) is 6.04 Å². The molecule has 1 aliphatic carbocycles. The second-order valence-corrected chi connectivity index (χ2v) is 4.38. The minimum Gasteiger partial charge on any atom is -0.451 e. The topological polar surface area (TPSA) is 38.1 Å². The average Bonchev–Trinajstić information content (AvgIpc) is 2.77. The van der Waals surface area contributed by atoms with Gasteiger partial charge in [-0.3, -0.25) is 0 Å². The molecule has 14 heavy (non-hydrogen) atoms. The van der Waals surface area contributed by atoms with E-state index in [0.717, 1.165) is 24.1 Å². The maximum Gasteiger partial charge on any atom is 0.180 e. The lowest BCUT2D eigenvalue weighted by Crippen LogP contribution is -2.31. The molecule has 1 fully saturated rings. The fourth-order valence-corrected chi connectivity index (χ4v) is 2.21. The summed E-state index contributed by atoms with van der Waals surface area (Å²) in [5.74, 6) is 1.63. The van der Waals surface area contributed by atoms with E-state index in [1.165, 1.54) is 19.2 Å². The van der Waals surface area contributed by atoms with Gasteiger partial charge in [0.15, 0.2) is 6.39 Å². The van der Waals surface area contributed by atoms with E-state index in [1.54, 1.807) is 6.26 Å². The van der Waals surface area contributed by atoms with Gasteiger partial charge in [0.2, 0.25) is 0 Å².